The number of oxazole rings is 1. The molecule has 164 valence electrons. The van der Waals surface area contributed by atoms with E-state index >= 15 is 0 Å². The molecule has 3 amide bonds. The summed E-state index contributed by atoms with van der Waals surface area (Å²) < 4.78 is 5.72. The summed E-state index contributed by atoms with van der Waals surface area (Å²) in [5.41, 5.74) is 2.35. The Morgan fingerprint density at radius 3 is 2.62 bits per heavy atom. The second kappa shape index (κ2) is 9.91. The van der Waals surface area contributed by atoms with Crippen molar-refractivity contribution in [2.24, 2.45) is 0 Å². The second-order valence-electron chi connectivity index (χ2n) is 7.53. The summed E-state index contributed by atoms with van der Waals surface area (Å²) in [7, 11) is 0. The van der Waals surface area contributed by atoms with Crippen molar-refractivity contribution in [2.75, 3.05) is 19.6 Å². The van der Waals surface area contributed by atoms with Crippen LogP contribution in [0.3, 0.4) is 0 Å². The number of aryl methyl sites for hydroxylation is 1. The molecule has 0 spiro atoms. The number of carbonyl (C=O) groups is 3. The van der Waals surface area contributed by atoms with Crippen LogP contribution in [0.1, 0.15) is 28.2 Å². The quantitative estimate of drug-likeness (QED) is 0.595. The highest BCUT2D eigenvalue weighted by Gasteiger charge is 2.22. The Kier molecular flexibility index (Phi) is 6.60. The number of aromatic nitrogens is 1. The number of hydrogen-bond acceptors (Lipinski definition) is 5. The molecule has 0 aliphatic carbocycles. The average molecular weight is 432 g/mol. The summed E-state index contributed by atoms with van der Waals surface area (Å²) >= 11 is 0. The van der Waals surface area contributed by atoms with Crippen LogP contribution in [0.5, 0.6) is 0 Å². The molecule has 0 saturated carbocycles. The Balaban J connectivity index is 1.23. The molecule has 0 radical (unpaired) electrons. The van der Waals surface area contributed by atoms with Gasteiger partial charge in [0.25, 0.3) is 5.91 Å². The first kappa shape index (κ1) is 21.3. The fourth-order valence-corrected chi connectivity index (χ4v) is 3.43. The number of carbonyl (C=O) groups excluding carboxylic acids is 3. The van der Waals surface area contributed by atoms with E-state index in [9.17, 15) is 14.4 Å². The lowest BCUT2D eigenvalue weighted by Gasteiger charge is -2.26. The Morgan fingerprint density at radius 1 is 1.09 bits per heavy atom. The fourth-order valence-electron chi connectivity index (χ4n) is 3.43. The van der Waals surface area contributed by atoms with Crippen LogP contribution in [0.25, 0.3) is 11.3 Å². The number of nitrogens with zero attached hydrogens (tertiary/aromatic N) is 2. The van der Waals surface area contributed by atoms with Crippen LogP contribution in [-0.4, -0.2) is 47.2 Å². The van der Waals surface area contributed by atoms with Crippen molar-refractivity contribution in [1.29, 1.82) is 0 Å². The Bertz CT molecular complexity index is 1090. The molecule has 0 atom stereocenters. The van der Waals surface area contributed by atoms with Crippen LogP contribution in [0.4, 0.5) is 0 Å². The van der Waals surface area contributed by atoms with Crippen molar-refractivity contribution in [3.63, 3.8) is 0 Å². The second-order valence-corrected chi connectivity index (χ2v) is 7.53. The molecule has 1 aromatic heterocycles. The van der Waals surface area contributed by atoms with Crippen molar-refractivity contribution < 1.29 is 18.8 Å². The predicted molar refractivity (Wildman–Crippen MR) is 117 cm³/mol. The zero-order valence-corrected chi connectivity index (χ0v) is 17.5. The molecular weight excluding hydrogens is 408 g/mol. The molecule has 32 heavy (non-hydrogen) atoms. The number of rotatable bonds is 7. The third-order valence-electron chi connectivity index (χ3n) is 5.19. The van der Waals surface area contributed by atoms with Crippen LogP contribution in [0, 0.1) is 0 Å². The third kappa shape index (κ3) is 5.40. The zero-order valence-electron chi connectivity index (χ0n) is 17.5. The number of piperazine rings is 1. The van der Waals surface area contributed by atoms with Gasteiger partial charge in [0.15, 0.2) is 11.7 Å². The van der Waals surface area contributed by atoms with Crippen molar-refractivity contribution in [2.45, 2.75) is 19.4 Å². The smallest absolute Gasteiger partial charge is 0.254 e. The summed E-state index contributed by atoms with van der Waals surface area (Å²) in [5.74, 6) is 0.777. The van der Waals surface area contributed by atoms with Gasteiger partial charge in [-0.05, 0) is 17.7 Å². The van der Waals surface area contributed by atoms with Gasteiger partial charge in [0.05, 0.1) is 12.7 Å². The fraction of sp³-hybridized carbons (Fsp3) is 0.250. The van der Waals surface area contributed by atoms with Gasteiger partial charge >= 0.3 is 0 Å². The predicted octanol–water partition coefficient (Wildman–Crippen LogP) is 2.16. The molecule has 1 fully saturated rings. The number of hydrogen-bond donors (Lipinski definition) is 2. The van der Waals surface area contributed by atoms with Crippen LogP contribution < -0.4 is 10.6 Å². The van der Waals surface area contributed by atoms with E-state index in [1.165, 1.54) is 4.90 Å². The highest BCUT2D eigenvalue weighted by Crippen LogP contribution is 2.20. The van der Waals surface area contributed by atoms with Gasteiger partial charge in [0.1, 0.15) is 0 Å². The van der Waals surface area contributed by atoms with E-state index < -0.39 is 0 Å². The molecule has 4 rings (SSSR count). The monoisotopic (exact) mass is 432 g/mol. The molecule has 0 bridgehead atoms. The standard InChI is InChI=1S/C24H24N4O4/c29-21(10-11-23-27-15-20(32-23)18-4-2-1-3-5-18)26-14-17-6-8-19(9-7-17)24(31)28-13-12-25-22(30)16-28/h1-9,15H,10-14,16H2,(H,25,30)(H,26,29). The van der Waals surface area contributed by atoms with Crippen molar-refractivity contribution in [1.82, 2.24) is 20.5 Å². The molecule has 2 aromatic carbocycles. The van der Waals surface area contributed by atoms with E-state index in [1.807, 2.05) is 30.3 Å². The largest absolute Gasteiger partial charge is 0.441 e. The highest BCUT2D eigenvalue weighted by molar-refractivity contribution is 5.97. The van der Waals surface area contributed by atoms with Crippen LogP contribution in [0.2, 0.25) is 0 Å². The maximum atomic E-state index is 12.5. The minimum absolute atomic E-state index is 0.0774. The summed E-state index contributed by atoms with van der Waals surface area (Å²) in [4.78, 5) is 41.9. The highest BCUT2D eigenvalue weighted by atomic mass is 16.4. The summed E-state index contributed by atoms with van der Waals surface area (Å²) in [6.45, 7) is 1.41. The minimum Gasteiger partial charge on any atom is -0.441 e. The van der Waals surface area contributed by atoms with Crippen LogP contribution >= 0.6 is 0 Å². The molecule has 1 aliphatic heterocycles. The SMILES string of the molecule is O=C(CCc1ncc(-c2ccccc2)o1)NCc1ccc(C(=O)N2CCNC(=O)C2)cc1. The molecule has 1 saturated heterocycles. The molecule has 8 heteroatoms. The molecule has 2 heterocycles. The van der Waals surface area contributed by atoms with Gasteiger partial charge in [-0.1, -0.05) is 42.5 Å². The maximum absolute atomic E-state index is 12.5. The molecule has 3 aromatic rings. The number of nitrogens with one attached hydrogen (secondary N) is 2. The maximum Gasteiger partial charge on any atom is 0.254 e. The first-order valence-corrected chi connectivity index (χ1v) is 10.5. The van der Waals surface area contributed by atoms with Crippen molar-refractivity contribution in [3.05, 3.63) is 77.8 Å². The normalized spacial score (nSPS) is 13.5. The summed E-state index contributed by atoms with van der Waals surface area (Å²) in [5, 5.41) is 5.57. The molecule has 1 aliphatic rings. The van der Waals surface area contributed by atoms with E-state index in [2.05, 4.69) is 15.6 Å². The van der Waals surface area contributed by atoms with Crippen LogP contribution in [0.15, 0.2) is 65.2 Å². The van der Waals surface area contributed by atoms with E-state index in [1.54, 1.807) is 30.5 Å². The average Bonchev–Trinajstić information content (AvgIpc) is 3.31. The van der Waals surface area contributed by atoms with Crippen molar-refractivity contribution >= 4 is 17.7 Å². The lowest BCUT2D eigenvalue weighted by Crippen LogP contribution is -2.49. The first-order valence-electron chi connectivity index (χ1n) is 10.5. The lowest BCUT2D eigenvalue weighted by molar-refractivity contribution is -0.123. The van der Waals surface area contributed by atoms with Crippen molar-refractivity contribution in [3.8, 4) is 11.3 Å². The number of amides is 3. The van der Waals surface area contributed by atoms with Gasteiger partial charge < -0.3 is 20.0 Å². The van der Waals surface area contributed by atoms with Gasteiger partial charge in [-0.15, -0.1) is 0 Å². The lowest BCUT2D eigenvalue weighted by atomic mass is 10.1. The number of benzene rings is 2. The topological polar surface area (TPSA) is 105 Å². The third-order valence-corrected chi connectivity index (χ3v) is 5.19. The summed E-state index contributed by atoms with van der Waals surface area (Å²) in [6, 6.07) is 16.7. The molecule has 0 unspecified atom stereocenters. The zero-order chi connectivity index (χ0) is 22.3. The minimum atomic E-state index is -0.170. The van der Waals surface area contributed by atoms with E-state index in [0.717, 1.165) is 11.1 Å². The Labute approximate surface area is 185 Å². The Morgan fingerprint density at radius 2 is 1.88 bits per heavy atom. The van der Waals surface area contributed by atoms with Gasteiger partial charge in [0, 0.05) is 43.6 Å². The Hall–Kier alpha value is -3.94. The van der Waals surface area contributed by atoms with E-state index in [-0.39, 0.29) is 30.7 Å². The van der Waals surface area contributed by atoms with E-state index in [0.29, 0.717) is 43.3 Å². The van der Waals surface area contributed by atoms with Gasteiger partial charge in [-0.25, -0.2) is 4.98 Å². The van der Waals surface area contributed by atoms with Gasteiger partial charge in [-0.2, -0.15) is 0 Å². The molecular formula is C24H24N4O4. The van der Waals surface area contributed by atoms with Gasteiger partial charge in [0.2, 0.25) is 11.8 Å². The van der Waals surface area contributed by atoms with Crippen LogP contribution in [-0.2, 0) is 22.6 Å². The van der Waals surface area contributed by atoms with Gasteiger partial charge in [-0.3, -0.25) is 14.4 Å². The first-order chi connectivity index (χ1) is 15.6. The summed E-state index contributed by atoms with van der Waals surface area (Å²) in [6.07, 6.45) is 2.35. The molecule has 2 N–H and O–H groups in total. The molecule has 8 nitrogen and oxygen atoms in total. The van der Waals surface area contributed by atoms with E-state index in [4.69, 9.17) is 4.42 Å².